The van der Waals surface area contributed by atoms with Gasteiger partial charge in [-0.25, -0.2) is 9.97 Å². The van der Waals surface area contributed by atoms with E-state index in [1.807, 2.05) is 12.4 Å². The topological polar surface area (TPSA) is 41.5 Å². The van der Waals surface area contributed by atoms with Crippen LogP contribution in [0.15, 0.2) is 35.5 Å². The number of hydrogen-bond donors (Lipinski definition) is 0. The Morgan fingerprint density at radius 2 is 2.21 bits per heavy atom. The minimum Gasteiger partial charge on any atom is -0.375 e. The van der Waals surface area contributed by atoms with Crippen molar-refractivity contribution in [1.82, 2.24) is 19.8 Å². The Morgan fingerprint density at radius 3 is 3.00 bits per heavy atom. The number of likely N-dealkylation sites (N-methyl/N-ethyl adjacent to an activating group) is 1. The Balaban J connectivity index is 1.48. The van der Waals surface area contributed by atoms with Crippen molar-refractivity contribution >= 4 is 11.3 Å². The van der Waals surface area contributed by atoms with Crippen LogP contribution in [-0.4, -0.2) is 58.2 Å². The van der Waals surface area contributed by atoms with Crippen molar-refractivity contribution in [2.24, 2.45) is 0 Å². The summed E-state index contributed by atoms with van der Waals surface area (Å²) >= 11 is 1.78. The number of thiophene rings is 1. The Hall–Kier alpha value is -1.34. The van der Waals surface area contributed by atoms with Crippen molar-refractivity contribution in [1.29, 1.82) is 0 Å². The number of rotatable bonds is 5. The first-order valence-corrected chi connectivity index (χ1v) is 9.56. The number of likely N-dealkylation sites (tertiary alicyclic amines) is 1. The molecular weight excluding hydrogens is 320 g/mol. The second kappa shape index (κ2) is 7.27. The van der Waals surface area contributed by atoms with Gasteiger partial charge in [0.15, 0.2) is 0 Å². The molecule has 2 fully saturated rings. The van der Waals surface area contributed by atoms with Crippen LogP contribution in [0, 0.1) is 0 Å². The summed E-state index contributed by atoms with van der Waals surface area (Å²) < 4.78 is 6.21. The lowest BCUT2D eigenvalue weighted by atomic mass is 10.00. The Labute approximate surface area is 147 Å². The summed E-state index contributed by atoms with van der Waals surface area (Å²) in [4.78, 5) is 13.3. The van der Waals surface area contributed by atoms with Gasteiger partial charge in [0.05, 0.1) is 12.1 Å². The largest absolute Gasteiger partial charge is 0.375 e. The smallest absolute Gasteiger partial charge is 0.115 e. The molecule has 0 aromatic carbocycles. The van der Waals surface area contributed by atoms with Crippen molar-refractivity contribution in [2.75, 3.05) is 20.2 Å². The zero-order valence-electron chi connectivity index (χ0n) is 14.0. The van der Waals surface area contributed by atoms with Gasteiger partial charge in [-0.1, -0.05) is 0 Å². The summed E-state index contributed by atoms with van der Waals surface area (Å²) in [5.41, 5.74) is 2.58. The Bertz CT molecular complexity index is 636. The first-order valence-electron chi connectivity index (χ1n) is 8.62. The van der Waals surface area contributed by atoms with Crippen LogP contribution >= 0.6 is 11.3 Å². The zero-order valence-corrected chi connectivity index (χ0v) is 14.9. The molecule has 4 rings (SSSR count). The van der Waals surface area contributed by atoms with Gasteiger partial charge in [0.25, 0.3) is 0 Å². The molecule has 2 aliphatic rings. The molecule has 2 saturated heterocycles. The third-order valence-corrected chi connectivity index (χ3v) is 5.91. The quantitative estimate of drug-likeness (QED) is 0.833. The molecule has 0 spiro atoms. The van der Waals surface area contributed by atoms with Crippen LogP contribution in [0.1, 0.15) is 24.0 Å². The predicted molar refractivity (Wildman–Crippen MR) is 94.8 cm³/mol. The minimum absolute atomic E-state index is 0.312. The first-order chi connectivity index (χ1) is 11.8. The van der Waals surface area contributed by atoms with Crippen LogP contribution in [-0.2, 0) is 17.8 Å². The van der Waals surface area contributed by atoms with Gasteiger partial charge in [-0.3, -0.25) is 9.80 Å². The van der Waals surface area contributed by atoms with Gasteiger partial charge < -0.3 is 4.74 Å². The highest BCUT2D eigenvalue weighted by molar-refractivity contribution is 7.07. The van der Waals surface area contributed by atoms with Crippen molar-refractivity contribution < 1.29 is 4.74 Å². The maximum absolute atomic E-state index is 6.21. The van der Waals surface area contributed by atoms with E-state index in [0.717, 1.165) is 31.8 Å². The van der Waals surface area contributed by atoms with Gasteiger partial charge >= 0.3 is 0 Å². The van der Waals surface area contributed by atoms with Crippen LogP contribution in [0.3, 0.4) is 0 Å². The second-order valence-electron chi connectivity index (χ2n) is 6.84. The number of ether oxygens (including phenoxy) is 1. The molecule has 2 aromatic heterocycles. The summed E-state index contributed by atoms with van der Waals surface area (Å²) in [5, 5.41) is 4.43. The van der Waals surface area contributed by atoms with E-state index < -0.39 is 0 Å². The average molecular weight is 344 g/mol. The zero-order chi connectivity index (χ0) is 16.4. The first kappa shape index (κ1) is 16.1. The molecule has 0 unspecified atom stereocenters. The fraction of sp³-hybridized carbons (Fsp3) is 0.556. The molecule has 6 heteroatoms. The molecule has 2 aliphatic heterocycles. The lowest BCUT2D eigenvalue weighted by Crippen LogP contribution is -2.46. The lowest BCUT2D eigenvalue weighted by molar-refractivity contribution is -0.0385. The van der Waals surface area contributed by atoms with Gasteiger partial charge in [0.1, 0.15) is 6.33 Å². The standard InChI is InChI=1S/C18H24N4OS/c1-21(9-15-7-19-13-20-8-15)17-11-22(10-14-4-6-24-12-14)16-3-2-5-23-18(16)17/h4,6-8,12-13,16-18H,2-3,5,9-11H2,1H3/t16-,17+,18+/m1/s1. The van der Waals surface area contributed by atoms with E-state index in [1.54, 1.807) is 17.7 Å². The third-order valence-electron chi connectivity index (χ3n) is 5.18. The molecule has 128 valence electrons. The number of nitrogens with zero attached hydrogens (tertiary/aromatic N) is 4. The molecule has 5 nitrogen and oxygen atoms in total. The fourth-order valence-electron chi connectivity index (χ4n) is 4.03. The van der Waals surface area contributed by atoms with Gasteiger partial charge in [-0.05, 0) is 42.3 Å². The maximum Gasteiger partial charge on any atom is 0.115 e. The van der Waals surface area contributed by atoms with E-state index in [4.69, 9.17) is 4.74 Å². The van der Waals surface area contributed by atoms with Gasteiger partial charge in [0, 0.05) is 50.2 Å². The highest BCUT2D eigenvalue weighted by Crippen LogP contribution is 2.33. The van der Waals surface area contributed by atoms with Gasteiger partial charge in [0.2, 0.25) is 0 Å². The molecule has 0 radical (unpaired) electrons. The van der Waals surface area contributed by atoms with Gasteiger partial charge in [-0.15, -0.1) is 0 Å². The molecule has 0 amide bonds. The van der Waals surface area contributed by atoms with E-state index in [1.165, 1.54) is 18.4 Å². The number of hydrogen-bond acceptors (Lipinski definition) is 6. The molecule has 24 heavy (non-hydrogen) atoms. The Kier molecular flexibility index (Phi) is 4.89. The van der Waals surface area contributed by atoms with Crippen LogP contribution in [0.2, 0.25) is 0 Å². The van der Waals surface area contributed by atoms with E-state index in [9.17, 15) is 0 Å². The number of aromatic nitrogens is 2. The van der Waals surface area contributed by atoms with Crippen LogP contribution in [0.25, 0.3) is 0 Å². The summed E-state index contributed by atoms with van der Waals surface area (Å²) in [5.74, 6) is 0. The summed E-state index contributed by atoms with van der Waals surface area (Å²) in [6.07, 6.45) is 8.12. The molecule has 0 saturated carbocycles. The summed E-state index contributed by atoms with van der Waals surface area (Å²) in [7, 11) is 2.20. The molecular formula is C18H24N4OS. The van der Waals surface area contributed by atoms with E-state index in [-0.39, 0.29) is 0 Å². The third kappa shape index (κ3) is 3.37. The number of fused-ring (bicyclic) bond motifs is 1. The molecule has 4 heterocycles. The lowest BCUT2D eigenvalue weighted by Gasteiger charge is -2.34. The highest BCUT2D eigenvalue weighted by atomic mass is 32.1. The Morgan fingerprint density at radius 1 is 1.33 bits per heavy atom. The predicted octanol–water partition coefficient (Wildman–Crippen LogP) is 2.40. The van der Waals surface area contributed by atoms with Crippen molar-refractivity contribution in [3.63, 3.8) is 0 Å². The van der Waals surface area contributed by atoms with Crippen LogP contribution in [0.4, 0.5) is 0 Å². The SMILES string of the molecule is CN(Cc1cncnc1)[C@H]1CN(Cc2ccsc2)[C@@H]2CCCO[C@@H]21. The van der Waals surface area contributed by atoms with Crippen LogP contribution in [0.5, 0.6) is 0 Å². The van der Waals surface area contributed by atoms with E-state index >= 15 is 0 Å². The maximum atomic E-state index is 6.21. The molecule has 3 atom stereocenters. The molecule has 0 N–H and O–H groups in total. The average Bonchev–Trinajstić information content (AvgIpc) is 3.25. The van der Waals surface area contributed by atoms with E-state index in [2.05, 4.69) is 43.6 Å². The fourth-order valence-corrected chi connectivity index (χ4v) is 4.69. The van der Waals surface area contributed by atoms with Crippen molar-refractivity contribution in [2.45, 2.75) is 44.1 Å². The van der Waals surface area contributed by atoms with Crippen molar-refractivity contribution in [3.8, 4) is 0 Å². The highest BCUT2D eigenvalue weighted by Gasteiger charge is 2.45. The summed E-state index contributed by atoms with van der Waals surface area (Å²) in [6, 6.07) is 3.20. The van der Waals surface area contributed by atoms with Crippen LogP contribution < -0.4 is 0 Å². The van der Waals surface area contributed by atoms with Crippen molar-refractivity contribution in [3.05, 3.63) is 46.7 Å². The summed E-state index contributed by atoms with van der Waals surface area (Å²) in [6.45, 7) is 3.86. The monoisotopic (exact) mass is 344 g/mol. The second-order valence-corrected chi connectivity index (χ2v) is 7.62. The minimum atomic E-state index is 0.312. The molecule has 0 bridgehead atoms. The van der Waals surface area contributed by atoms with E-state index in [0.29, 0.717) is 18.2 Å². The molecule has 0 aliphatic carbocycles. The molecule has 2 aromatic rings. The van der Waals surface area contributed by atoms with Gasteiger partial charge in [-0.2, -0.15) is 11.3 Å². The normalized spacial score (nSPS) is 27.5.